The molecular weight excluding hydrogens is 240 g/mol. The lowest BCUT2D eigenvalue weighted by molar-refractivity contribution is 0.298. The first-order chi connectivity index (χ1) is 9.08. The summed E-state index contributed by atoms with van der Waals surface area (Å²) in [7, 11) is 7.87. The first-order valence-corrected chi connectivity index (χ1v) is 6.68. The molecule has 0 aliphatic heterocycles. The Labute approximate surface area is 115 Å². The first-order valence-electron chi connectivity index (χ1n) is 6.68. The molecule has 19 heavy (non-hydrogen) atoms. The third-order valence-corrected chi connectivity index (χ3v) is 2.96. The van der Waals surface area contributed by atoms with Gasteiger partial charge in [-0.25, -0.2) is 0 Å². The van der Waals surface area contributed by atoms with E-state index in [-0.39, 0.29) is 6.04 Å². The largest absolute Gasteiger partial charge is 0.356 e. The number of nitrogens with one attached hydrogen (secondary N) is 2. The van der Waals surface area contributed by atoms with Gasteiger partial charge in [0, 0.05) is 38.9 Å². The Bertz CT molecular complexity index is 396. The van der Waals surface area contributed by atoms with E-state index < -0.39 is 0 Å². The van der Waals surface area contributed by atoms with Crippen molar-refractivity contribution >= 4 is 5.96 Å². The molecule has 0 fully saturated rings. The van der Waals surface area contributed by atoms with Crippen LogP contribution in [0.3, 0.4) is 0 Å². The van der Waals surface area contributed by atoms with Crippen molar-refractivity contribution in [3.63, 3.8) is 0 Å². The van der Waals surface area contributed by atoms with Gasteiger partial charge in [0.2, 0.25) is 0 Å². The van der Waals surface area contributed by atoms with Gasteiger partial charge >= 0.3 is 0 Å². The molecule has 0 aromatic carbocycles. The fourth-order valence-electron chi connectivity index (χ4n) is 1.87. The average molecular weight is 266 g/mol. The van der Waals surface area contributed by atoms with Crippen molar-refractivity contribution in [2.45, 2.75) is 19.4 Å². The molecule has 6 nitrogen and oxygen atoms in total. The monoisotopic (exact) mass is 266 g/mol. The molecule has 1 aromatic heterocycles. The first kappa shape index (κ1) is 15.5. The van der Waals surface area contributed by atoms with Gasteiger partial charge in [-0.2, -0.15) is 5.10 Å². The van der Waals surface area contributed by atoms with E-state index in [0.29, 0.717) is 0 Å². The molecule has 1 atom stereocenters. The Morgan fingerprint density at radius 3 is 2.68 bits per heavy atom. The lowest BCUT2D eigenvalue weighted by atomic mass is 10.1. The molecule has 0 amide bonds. The Balaban J connectivity index is 2.60. The van der Waals surface area contributed by atoms with Crippen LogP contribution in [-0.2, 0) is 7.05 Å². The molecule has 6 heteroatoms. The summed E-state index contributed by atoms with van der Waals surface area (Å²) in [6.07, 6.45) is 5.05. The molecule has 0 radical (unpaired) electrons. The zero-order valence-corrected chi connectivity index (χ0v) is 12.6. The zero-order valence-electron chi connectivity index (χ0n) is 12.6. The topological polar surface area (TPSA) is 57.5 Å². The number of hydrogen-bond donors (Lipinski definition) is 2. The zero-order chi connectivity index (χ0) is 14.3. The van der Waals surface area contributed by atoms with Gasteiger partial charge in [-0.05, 0) is 20.5 Å². The Morgan fingerprint density at radius 2 is 2.21 bits per heavy atom. The fourth-order valence-corrected chi connectivity index (χ4v) is 1.87. The number of nitrogens with zero attached hydrogens (tertiary/aromatic N) is 4. The summed E-state index contributed by atoms with van der Waals surface area (Å²) in [6, 6.07) is 0.272. The molecule has 1 rings (SSSR count). The molecule has 1 heterocycles. The molecular formula is C13H26N6. The summed E-state index contributed by atoms with van der Waals surface area (Å²) < 4.78 is 1.83. The van der Waals surface area contributed by atoms with Crippen LogP contribution in [0.4, 0.5) is 0 Å². The molecule has 0 bridgehead atoms. The van der Waals surface area contributed by atoms with E-state index >= 15 is 0 Å². The Morgan fingerprint density at radius 1 is 1.47 bits per heavy atom. The van der Waals surface area contributed by atoms with Gasteiger partial charge in [0.25, 0.3) is 0 Å². The third-order valence-electron chi connectivity index (χ3n) is 2.96. The Hall–Kier alpha value is -1.56. The molecule has 0 aliphatic carbocycles. The maximum Gasteiger partial charge on any atom is 0.191 e. The highest BCUT2D eigenvalue weighted by molar-refractivity contribution is 5.79. The highest BCUT2D eigenvalue weighted by atomic mass is 15.3. The van der Waals surface area contributed by atoms with Crippen molar-refractivity contribution < 1.29 is 0 Å². The second-order valence-corrected chi connectivity index (χ2v) is 4.81. The van der Waals surface area contributed by atoms with Crippen molar-refractivity contribution in [2.24, 2.45) is 12.0 Å². The van der Waals surface area contributed by atoms with Gasteiger partial charge in [-0.3, -0.25) is 9.67 Å². The van der Waals surface area contributed by atoms with Gasteiger partial charge < -0.3 is 15.5 Å². The predicted molar refractivity (Wildman–Crippen MR) is 79.3 cm³/mol. The standard InChI is InChI=1S/C13H26N6/c1-6-7-15-13(14-2)16-9-12(18(3)4)11-8-17-19(5)10-11/h8,10,12H,6-7,9H2,1-5H3,(H2,14,15,16). The average Bonchev–Trinajstić information content (AvgIpc) is 2.79. The van der Waals surface area contributed by atoms with Crippen molar-refractivity contribution in [1.29, 1.82) is 0 Å². The quantitative estimate of drug-likeness (QED) is 0.585. The normalized spacial score (nSPS) is 13.7. The number of aryl methyl sites for hydroxylation is 1. The number of aliphatic imine (C=N–C) groups is 1. The minimum absolute atomic E-state index is 0.272. The highest BCUT2D eigenvalue weighted by Crippen LogP contribution is 2.15. The second kappa shape index (κ2) is 7.78. The van der Waals surface area contributed by atoms with Gasteiger partial charge in [0.15, 0.2) is 5.96 Å². The van der Waals surface area contributed by atoms with Crippen LogP contribution in [0, 0.1) is 0 Å². The van der Waals surface area contributed by atoms with Crippen molar-refractivity contribution in [3.05, 3.63) is 18.0 Å². The van der Waals surface area contributed by atoms with Gasteiger partial charge in [0.05, 0.1) is 12.2 Å². The second-order valence-electron chi connectivity index (χ2n) is 4.81. The summed E-state index contributed by atoms with van der Waals surface area (Å²) in [5.74, 6) is 0.845. The van der Waals surface area contributed by atoms with E-state index in [0.717, 1.165) is 25.5 Å². The van der Waals surface area contributed by atoms with E-state index in [2.05, 4.69) is 52.8 Å². The Kier molecular flexibility index (Phi) is 6.35. The van der Waals surface area contributed by atoms with E-state index in [1.54, 1.807) is 7.05 Å². The lowest BCUT2D eigenvalue weighted by Gasteiger charge is -2.24. The number of likely N-dealkylation sites (N-methyl/N-ethyl adjacent to an activating group) is 1. The van der Waals surface area contributed by atoms with Crippen LogP contribution in [0.2, 0.25) is 0 Å². The molecule has 0 saturated heterocycles. The molecule has 0 spiro atoms. The highest BCUT2D eigenvalue weighted by Gasteiger charge is 2.16. The number of rotatable bonds is 6. The molecule has 2 N–H and O–H groups in total. The van der Waals surface area contributed by atoms with Crippen LogP contribution in [0.25, 0.3) is 0 Å². The van der Waals surface area contributed by atoms with E-state index in [1.807, 2.05) is 17.9 Å². The van der Waals surface area contributed by atoms with Gasteiger partial charge in [0.1, 0.15) is 0 Å². The fraction of sp³-hybridized carbons (Fsp3) is 0.692. The van der Waals surface area contributed by atoms with Crippen LogP contribution in [0.15, 0.2) is 17.4 Å². The van der Waals surface area contributed by atoms with E-state index in [9.17, 15) is 0 Å². The molecule has 0 saturated carbocycles. The van der Waals surface area contributed by atoms with Crippen LogP contribution >= 0.6 is 0 Å². The number of guanidine groups is 1. The summed E-state index contributed by atoms with van der Waals surface area (Å²) in [5.41, 5.74) is 1.20. The molecule has 1 aromatic rings. The summed E-state index contributed by atoms with van der Waals surface area (Å²) >= 11 is 0. The molecule has 108 valence electrons. The predicted octanol–water partition coefficient (Wildman–Crippen LogP) is 0.598. The van der Waals surface area contributed by atoms with E-state index in [1.165, 1.54) is 5.56 Å². The summed E-state index contributed by atoms with van der Waals surface area (Å²) in [5, 5.41) is 10.9. The van der Waals surface area contributed by atoms with Crippen LogP contribution in [-0.4, -0.2) is 54.9 Å². The number of aromatic nitrogens is 2. The minimum Gasteiger partial charge on any atom is -0.356 e. The van der Waals surface area contributed by atoms with Crippen LogP contribution in [0.1, 0.15) is 24.9 Å². The molecule has 0 aliphatic rings. The van der Waals surface area contributed by atoms with Crippen LogP contribution < -0.4 is 10.6 Å². The van der Waals surface area contributed by atoms with Crippen molar-refractivity contribution in [2.75, 3.05) is 34.2 Å². The third kappa shape index (κ3) is 4.90. The van der Waals surface area contributed by atoms with E-state index in [4.69, 9.17) is 0 Å². The SMILES string of the molecule is CCCNC(=NC)NCC(c1cnn(C)c1)N(C)C. The maximum absolute atomic E-state index is 4.23. The minimum atomic E-state index is 0.272. The van der Waals surface area contributed by atoms with Crippen LogP contribution in [0.5, 0.6) is 0 Å². The summed E-state index contributed by atoms with van der Waals surface area (Å²) in [6.45, 7) is 3.86. The van der Waals surface area contributed by atoms with Gasteiger partial charge in [-0.1, -0.05) is 6.92 Å². The smallest absolute Gasteiger partial charge is 0.191 e. The van der Waals surface area contributed by atoms with Crippen molar-refractivity contribution in [3.8, 4) is 0 Å². The number of hydrogen-bond acceptors (Lipinski definition) is 3. The van der Waals surface area contributed by atoms with Gasteiger partial charge in [-0.15, -0.1) is 0 Å². The summed E-state index contributed by atoms with van der Waals surface area (Å²) in [4.78, 5) is 6.39. The maximum atomic E-state index is 4.23. The lowest BCUT2D eigenvalue weighted by Crippen LogP contribution is -2.41. The molecule has 1 unspecified atom stereocenters. The van der Waals surface area contributed by atoms with Crippen molar-refractivity contribution in [1.82, 2.24) is 25.3 Å².